The number of guanidine groups is 1. The maximum atomic E-state index is 12.2. The Bertz CT molecular complexity index is 806. The van der Waals surface area contributed by atoms with Crippen LogP contribution in [0, 0.1) is 0 Å². The summed E-state index contributed by atoms with van der Waals surface area (Å²) in [5.41, 5.74) is -0.340. The Morgan fingerprint density at radius 2 is 1.68 bits per heavy atom. The molecule has 1 aromatic carbocycles. The van der Waals surface area contributed by atoms with Gasteiger partial charge in [0.15, 0.2) is 15.8 Å². The third kappa shape index (κ3) is 14.2. The monoisotopic (exact) mass is 568 g/mol. The fourth-order valence-electron chi connectivity index (χ4n) is 2.55. The summed E-state index contributed by atoms with van der Waals surface area (Å²) in [6.45, 7) is 10.0. The van der Waals surface area contributed by atoms with Crippen molar-refractivity contribution in [2.45, 2.75) is 57.9 Å². The number of alkyl carbamates (subject to hydrolysis) is 1. The second-order valence-electron chi connectivity index (χ2n) is 8.79. The van der Waals surface area contributed by atoms with Crippen molar-refractivity contribution in [3.63, 3.8) is 0 Å². The zero-order chi connectivity index (χ0) is 22.8. The largest absolute Gasteiger partial charge is 0.444 e. The van der Waals surface area contributed by atoms with Crippen LogP contribution >= 0.6 is 24.0 Å². The highest BCUT2D eigenvalue weighted by Crippen LogP contribution is 2.09. The van der Waals surface area contributed by atoms with Crippen molar-refractivity contribution in [1.29, 1.82) is 0 Å². The van der Waals surface area contributed by atoms with E-state index in [1.54, 1.807) is 7.05 Å². The Labute approximate surface area is 203 Å². The zero-order valence-electron chi connectivity index (χ0n) is 19.3. The minimum absolute atomic E-state index is 0. The molecule has 0 aliphatic heterocycles. The van der Waals surface area contributed by atoms with E-state index in [2.05, 4.69) is 20.9 Å². The molecule has 8 nitrogen and oxygen atoms in total. The lowest BCUT2D eigenvalue weighted by atomic mass is 10.1. The van der Waals surface area contributed by atoms with Crippen molar-refractivity contribution in [2.24, 2.45) is 4.99 Å². The standard InChI is InChI=1S/C21H36N4O4S.HI/c1-20(2,3)29-19(26)25-21(4,5)16-24-18(22-6)23-13-10-14-30(27,28)15-17-11-8-7-9-12-17;/h7-9,11-12H,10,13-16H2,1-6H3,(H,25,26)(H2,22,23,24);1H. The van der Waals surface area contributed by atoms with Gasteiger partial charge >= 0.3 is 6.09 Å². The van der Waals surface area contributed by atoms with Gasteiger partial charge in [0.2, 0.25) is 0 Å². The molecule has 0 fully saturated rings. The highest BCUT2D eigenvalue weighted by molar-refractivity contribution is 14.0. The molecule has 0 spiro atoms. The molecule has 0 atom stereocenters. The van der Waals surface area contributed by atoms with Gasteiger partial charge in [-0.05, 0) is 46.6 Å². The molecule has 0 aromatic heterocycles. The van der Waals surface area contributed by atoms with E-state index in [0.29, 0.717) is 25.5 Å². The quantitative estimate of drug-likeness (QED) is 0.183. The molecule has 178 valence electrons. The summed E-state index contributed by atoms with van der Waals surface area (Å²) in [6, 6.07) is 9.16. The number of halogens is 1. The Morgan fingerprint density at radius 1 is 1.06 bits per heavy atom. The SMILES string of the molecule is CN=C(NCCCS(=O)(=O)Cc1ccccc1)NCC(C)(C)NC(=O)OC(C)(C)C.I. The summed E-state index contributed by atoms with van der Waals surface area (Å²) in [4.78, 5) is 16.1. The maximum Gasteiger partial charge on any atom is 0.408 e. The van der Waals surface area contributed by atoms with Crippen LogP contribution in [0.3, 0.4) is 0 Å². The van der Waals surface area contributed by atoms with Gasteiger partial charge in [0, 0.05) is 20.1 Å². The molecule has 0 aliphatic rings. The van der Waals surface area contributed by atoms with Crippen molar-refractivity contribution in [2.75, 3.05) is 25.9 Å². The number of benzene rings is 1. The van der Waals surface area contributed by atoms with E-state index < -0.39 is 27.1 Å². The van der Waals surface area contributed by atoms with E-state index >= 15 is 0 Å². The molecule has 10 heteroatoms. The number of sulfone groups is 1. The van der Waals surface area contributed by atoms with Crippen LogP contribution in [0.1, 0.15) is 46.6 Å². The summed E-state index contributed by atoms with van der Waals surface area (Å²) in [5, 5.41) is 9.05. The molecule has 0 saturated heterocycles. The molecule has 0 unspecified atom stereocenters. The molecule has 0 heterocycles. The van der Waals surface area contributed by atoms with E-state index in [0.717, 1.165) is 5.56 Å². The topological polar surface area (TPSA) is 109 Å². The second kappa shape index (κ2) is 13.1. The van der Waals surface area contributed by atoms with Gasteiger partial charge in [0.25, 0.3) is 0 Å². The first-order valence-corrected chi connectivity index (χ1v) is 11.8. The van der Waals surface area contributed by atoms with Gasteiger partial charge in [-0.2, -0.15) is 0 Å². The lowest BCUT2D eigenvalue weighted by Crippen LogP contribution is -2.54. The predicted octanol–water partition coefficient (Wildman–Crippen LogP) is 3.08. The number of hydrogen-bond donors (Lipinski definition) is 3. The Hall–Kier alpha value is -1.56. The summed E-state index contributed by atoms with van der Waals surface area (Å²) >= 11 is 0. The summed E-state index contributed by atoms with van der Waals surface area (Å²) in [5.74, 6) is 0.678. The first kappa shape index (κ1) is 29.4. The van der Waals surface area contributed by atoms with Gasteiger partial charge in [0.05, 0.1) is 17.0 Å². The van der Waals surface area contributed by atoms with Crippen molar-refractivity contribution in [1.82, 2.24) is 16.0 Å². The first-order valence-electron chi connectivity index (χ1n) is 10.0. The van der Waals surface area contributed by atoms with Crippen LogP contribution in [0.4, 0.5) is 4.79 Å². The van der Waals surface area contributed by atoms with Crippen LogP contribution in [0.25, 0.3) is 0 Å². The predicted molar refractivity (Wildman–Crippen MR) is 137 cm³/mol. The van der Waals surface area contributed by atoms with E-state index in [9.17, 15) is 13.2 Å². The molecule has 0 radical (unpaired) electrons. The number of rotatable bonds is 9. The summed E-state index contributed by atoms with van der Waals surface area (Å²) < 4.78 is 29.8. The average molecular weight is 569 g/mol. The molecule has 0 bridgehead atoms. The van der Waals surface area contributed by atoms with Gasteiger partial charge in [-0.25, -0.2) is 13.2 Å². The number of ether oxygens (including phenoxy) is 1. The van der Waals surface area contributed by atoms with Gasteiger partial charge < -0.3 is 20.7 Å². The molecule has 1 aromatic rings. The number of nitrogens with zero attached hydrogens (tertiary/aromatic N) is 1. The highest BCUT2D eigenvalue weighted by Gasteiger charge is 2.24. The number of amides is 1. The fraction of sp³-hybridized carbons (Fsp3) is 0.619. The summed E-state index contributed by atoms with van der Waals surface area (Å²) in [7, 11) is -1.53. The number of hydrogen-bond acceptors (Lipinski definition) is 5. The minimum Gasteiger partial charge on any atom is -0.444 e. The third-order valence-electron chi connectivity index (χ3n) is 3.91. The second-order valence-corrected chi connectivity index (χ2v) is 11.0. The first-order chi connectivity index (χ1) is 13.8. The maximum absolute atomic E-state index is 12.2. The average Bonchev–Trinajstić information content (AvgIpc) is 2.59. The number of carbonyl (C=O) groups excluding carboxylic acids is 1. The smallest absolute Gasteiger partial charge is 0.408 e. The van der Waals surface area contributed by atoms with E-state index in [4.69, 9.17) is 4.74 Å². The number of aliphatic imine (C=N–C) groups is 1. The lowest BCUT2D eigenvalue weighted by molar-refractivity contribution is 0.0474. The third-order valence-corrected chi connectivity index (χ3v) is 5.60. The van der Waals surface area contributed by atoms with E-state index in [-0.39, 0.29) is 35.5 Å². The molecule has 0 saturated carbocycles. The normalized spacial score (nSPS) is 12.5. The molecule has 3 N–H and O–H groups in total. The molecule has 1 amide bonds. The number of carbonyl (C=O) groups is 1. The van der Waals surface area contributed by atoms with Crippen molar-refractivity contribution >= 4 is 45.9 Å². The Balaban J connectivity index is 0.00000900. The zero-order valence-corrected chi connectivity index (χ0v) is 22.5. The molecular weight excluding hydrogens is 531 g/mol. The Kier molecular flexibility index (Phi) is 12.4. The van der Waals surface area contributed by atoms with Crippen molar-refractivity contribution < 1.29 is 17.9 Å². The van der Waals surface area contributed by atoms with Gasteiger partial charge in [-0.3, -0.25) is 4.99 Å². The van der Waals surface area contributed by atoms with Crippen LogP contribution < -0.4 is 16.0 Å². The van der Waals surface area contributed by atoms with Crippen LogP contribution in [-0.2, 0) is 20.3 Å². The van der Waals surface area contributed by atoms with Gasteiger partial charge in [-0.15, -0.1) is 24.0 Å². The fourth-order valence-corrected chi connectivity index (χ4v) is 3.98. The van der Waals surface area contributed by atoms with Crippen molar-refractivity contribution in [3.8, 4) is 0 Å². The van der Waals surface area contributed by atoms with Gasteiger partial charge in [-0.1, -0.05) is 30.3 Å². The highest BCUT2D eigenvalue weighted by atomic mass is 127. The van der Waals surface area contributed by atoms with Crippen LogP contribution in [0.15, 0.2) is 35.3 Å². The molecular formula is C21H37IN4O4S. The van der Waals surface area contributed by atoms with Gasteiger partial charge in [0.1, 0.15) is 5.60 Å². The summed E-state index contributed by atoms with van der Waals surface area (Å²) in [6.07, 6.45) is -0.0176. The lowest BCUT2D eigenvalue weighted by Gasteiger charge is -2.29. The van der Waals surface area contributed by atoms with E-state index in [1.807, 2.05) is 65.0 Å². The van der Waals surface area contributed by atoms with Crippen LogP contribution in [0.2, 0.25) is 0 Å². The minimum atomic E-state index is -3.17. The van der Waals surface area contributed by atoms with Crippen LogP contribution in [0.5, 0.6) is 0 Å². The van der Waals surface area contributed by atoms with E-state index in [1.165, 1.54) is 0 Å². The molecule has 31 heavy (non-hydrogen) atoms. The number of nitrogens with one attached hydrogen (secondary N) is 3. The van der Waals surface area contributed by atoms with Crippen LogP contribution in [-0.4, -0.2) is 57.5 Å². The van der Waals surface area contributed by atoms with Crippen molar-refractivity contribution in [3.05, 3.63) is 35.9 Å². The Morgan fingerprint density at radius 3 is 2.23 bits per heavy atom. The molecule has 1 rings (SSSR count). The molecule has 0 aliphatic carbocycles.